The van der Waals surface area contributed by atoms with Crippen LogP contribution < -0.4 is 9.62 Å². The highest BCUT2D eigenvalue weighted by atomic mass is 35.5. The number of aryl methyl sites for hydroxylation is 1. The van der Waals surface area contributed by atoms with Gasteiger partial charge in [0.15, 0.2) is 0 Å². The lowest BCUT2D eigenvalue weighted by Gasteiger charge is -2.34. The van der Waals surface area contributed by atoms with Gasteiger partial charge in [-0.15, -0.1) is 0 Å². The maximum absolute atomic E-state index is 14.5. The van der Waals surface area contributed by atoms with E-state index >= 15 is 0 Å². The van der Waals surface area contributed by atoms with Crippen LogP contribution in [0.15, 0.2) is 108 Å². The average Bonchev–Trinajstić information content (AvgIpc) is 3.03. The van der Waals surface area contributed by atoms with E-state index in [0.717, 1.165) is 21.0 Å². The van der Waals surface area contributed by atoms with Gasteiger partial charge in [0.2, 0.25) is 11.8 Å². The molecule has 0 aliphatic rings. The van der Waals surface area contributed by atoms with Crippen molar-refractivity contribution in [2.45, 2.75) is 51.6 Å². The van der Waals surface area contributed by atoms with Crippen LogP contribution in [0.1, 0.15) is 36.1 Å². The van der Waals surface area contributed by atoms with E-state index in [1.807, 2.05) is 81.4 Å². The van der Waals surface area contributed by atoms with Crippen molar-refractivity contribution in [2.75, 3.05) is 17.4 Å². The number of rotatable bonds is 13. The topological polar surface area (TPSA) is 86.8 Å². The second-order valence-corrected chi connectivity index (χ2v) is 13.8. The van der Waals surface area contributed by atoms with Gasteiger partial charge in [0.05, 0.1) is 10.6 Å². The Morgan fingerprint density at radius 3 is 2.00 bits per heavy atom. The smallest absolute Gasteiger partial charge is 0.264 e. The van der Waals surface area contributed by atoms with Crippen molar-refractivity contribution in [2.24, 2.45) is 5.92 Å². The van der Waals surface area contributed by atoms with Gasteiger partial charge in [0, 0.05) is 24.5 Å². The minimum atomic E-state index is -4.21. The SMILES string of the molecule is Cc1ccc(S(=O)(=O)N(CC(=O)N(Cc2ccccc2)C(Cc2ccccc2)C(=O)NCC(C)C)c2cccc(Cl)c2C)cc1. The molecule has 0 saturated carbocycles. The normalized spacial score (nSPS) is 12.0. The van der Waals surface area contributed by atoms with Crippen molar-refractivity contribution in [3.63, 3.8) is 0 Å². The molecule has 0 bridgehead atoms. The average molecular weight is 646 g/mol. The van der Waals surface area contributed by atoms with E-state index in [0.29, 0.717) is 22.8 Å². The van der Waals surface area contributed by atoms with Crippen LogP contribution in [0, 0.1) is 19.8 Å². The molecular weight excluding hydrogens is 606 g/mol. The first-order chi connectivity index (χ1) is 21.5. The molecule has 2 amide bonds. The number of carbonyl (C=O) groups excluding carboxylic acids is 2. The van der Waals surface area contributed by atoms with Crippen LogP contribution in [0.4, 0.5) is 5.69 Å². The summed E-state index contributed by atoms with van der Waals surface area (Å²) in [7, 11) is -4.21. The minimum absolute atomic E-state index is 0.0467. The van der Waals surface area contributed by atoms with Gasteiger partial charge in [-0.25, -0.2) is 8.42 Å². The zero-order valence-corrected chi connectivity index (χ0v) is 27.7. The fourth-order valence-corrected chi connectivity index (χ4v) is 6.61. The highest BCUT2D eigenvalue weighted by Gasteiger charge is 2.35. The van der Waals surface area contributed by atoms with Gasteiger partial charge in [0.1, 0.15) is 12.6 Å². The van der Waals surface area contributed by atoms with Gasteiger partial charge in [0.25, 0.3) is 10.0 Å². The lowest BCUT2D eigenvalue weighted by atomic mass is 10.0. The number of amides is 2. The molecule has 1 N–H and O–H groups in total. The molecule has 4 rings (SSSR count). The molecule has 1 atom stereocenters. The molecule has 45 heavy (non-hydrogen) atoms. The summed E-state index contributed by atoms with van der Waals surface area (Å²) < 4.78 is 29.6. The highest BCUT2D eigenvalue weighted by Crippen LogP contribution is 2.31. The first-order valence-corrected chi connectivity index (χ1v) is 16.8. The van der Waals surface area contributed by atoms with Crippen LogP contribution in [-0.2, 0) is 32.6 Å². The molecule has 0 saturated heterocycles. The number of sulfonamides is 1. The van der Waals surface area contributed by atoms with Crippen molar-refractivity contribution >= 4 is 39.1 Å². The molecule has 0 fully saturated rings. The third-order valence-corrected chi connectivity index (χ3v) is 9.73. The van der Waals surface area contributed by atoms with E-state index in [9.17, 15) is 18.0 Å². The molecule has 236 valence electrons. The van der Waals surface area contributed by atoms with Crippen LogP contribution in [-0.4, -0.2) is 44.3 Å². The van der Waals surface area contributed by atoms with E-state index in [4.69, 9.17) is 11.6 Å². The van der Waals surface area contributed by atoms with Crippen LogP contribution in [0.3, 0.4) is 0 Å². The Kier molecular flexibility index (Phi) is 11.4. The van der Waals surface area contributed by atoms with Crippen molar-refractivity contribution in [1.82, 2.24) is 10.2 Å². The predicted molar refractivity (Wildman–Crippen MR) is 181 cm³/mol. The van der Waals surface area contributed by atoms with Gasteiger partial charge < -0.3 is 10.2 Å². The molecule has 7 nitrogen and oxygen atoms in total. The Bertz CT molecular complexity index is 1700. The largest absolute Gasteiger partial charge is 0.354 e. The monoisotopic (exact) mass is 645 g/mol. The first kappa shape index (κ1) is 33.7. The molecule has 1 unspecified atom stereocenters. The molecule has 9 heteroatoms. The molecule has 0 radical (unpaired) electrons. The summed E-state index contributed by atoms with van der Waals surface area (Å²) in [4.78, 5) is 29.9. The van der Waals surface area contributed by atoms with E-state index in [1.165, 1.54) is 17.0 Å². The summed E-state index contributed by atoms with van der Waals surface area (Å²) in [5.74, 6) is -0.621. The molecule has 4 aromatic carbocycles. The number of anilines is 1. The van der Waals surface area contributed by atoms with Crippen molar-refractivity contribution < 1.29 is 18.0 Å². The second-order valence-electron chi connectivity index (χ2n) is 11.6. The van der Waals surface area contributed by atoms with Gasteiger partial charge in [-0.3, -0.25) is 13.9 Å². The number of carbonyl (C=O) groups is 2. The predicted octanol–water partition coefficient (Wildman–Crippen LogP) is 6.56. The number of hydrogen-bond donors (Lipinski definition) is 1. The highest BCUT2D eigenvalue weighted by molar-refractivity contribution is 7.92. The number of nitrogens with zero attached hydrogens (tertiary/aromatic N) is 2. The van der Waals surface area contributed by atoms with Crippen molar-refractivity contribution in [3.05, 3.63) is 130 Å². The lowest BCUT2D eigenvalue weighted by Crippen LogP contribution is -2.53. The maximum atomic E-state index is 14.5. The zero-order valence-electron chi connectivity index (χ0n) is 26.1. The van der Waals surface area contributed by atoms with Crippen LogP contribution in [0.2, 0.25) is 5.02 Å². The summed E-state index contributed by atoms with van der Waals surface area (Å²) in [5.41, 5.74) is 3.41. The van der Waals surface area contributed by atoms with E-state index < -0.39 is 28.5 Å². The number of nitrogens with one attached hydrogen (secondary N) is 1. The Morgan fingerprint density at radius 2 is 1.40 bits per heavy atom. The third kappa shape index (κ3) is 8.74. The van der Waals surface area contributed by atoms with E-state index in [-0.39, 0.29) is 29.7 Å². The Hall–Kier alpha value is -4.14. The lowest BCUT2D eigenvalue weighted by molar-refractivity contribution is -0.140. The standard InChI is InChI=1S/C36H40ClN3O4S/c1-26(2)23-38-36(42)34(22-29-12-7-5-8-13-29)39(24-30-14-9-6-10-15-30)35(41)25-40(33-17-11-16-32(37)28(33)4)45(43,44)31-20-18-27(3)19-21-31/h5-21,26,34H,22-25H2,1-4H3,(H,38,42). The molecule has 0 spiro atoms. The van der Waals surface area contributed by atoms with E-state index in [1.54, 1.807) is 37.3 Å². The Morgan fingerprint density at radius 1 is 0.800 bits per heavy atom. The molecule has 0 aromatic heterocycles. The van der Waals surface area contributed by atoms with Crippen LogP contribution in [0.5, 0.6) is 0 Å². The maximum Gasteiger partial charge on any atom is 0.264 e. The van der Waals surface area contributed by atoms with Gasteiger partial charge in [-0.2, -0.15) is 0 Å². The summed E-state index contributed by atoms with van der Waals surface area (Å²) in [5, 5.41) is 3.38. The fraction of sp³-hybridized carbons (Fsp3) is 0.278. The summed E-state index contributed by atoms with van der Waals surface area (Å²) in [6.07, 6.45) is 0.254. The number of hydrogen-bond acceptors (Lipinski definition) is 4. The fourth-order valence-electron chi connectivity index (χ4n) is 4.97. The Balaban J connectivity index is 1.81. The third-order valence-electron chi connectivity index (χ3n) is 7.55. The van der Waals surface area contributed by atoms with Crippen LogP contribution >= 0.6 is 11.6 Å². The Labute approximate surface area is 271 Å². The number of halogens is 1. The van der Waals surface area contributed by atoms with Gasteiger partial charge in [-0.1, -0.05) is 110 Å². The van der Waals surface area contributed by atoms with Gasteiger partial charge >= 0.3 is 0 Å². The van der Waals surface area contributed by atoms with Crippen molar-refractivity contribution in [1.29, 1.82) is 0 Å². The molecular formula is C36H40ClN3O4S. The van der Waals surface area contributed by atoms with E-state index in [2.05, 4.69) is 5.32 Å². The van der Waals surface area contributed by atoms with Crippen LogP contribution in [0.25, 0.3) is 0 Å². The molecule has 0 aliphatic heterocycles. The van der Waals surface area contributed by atoms with Crippen molar-refractivity contribution in [3.8, 4) is 0 Å². The zero-order chi connectivity index (χ0) is 32.6. The quantitative estimate of drug-likeness (QED) is 0.178. The number of benzene rings is 4. The molecule has 0 heterocycles. The molecule has 4 aromatic rings. The summed E-state index contributed by atoms with van der Waals surface area (Å²) >= 11 is 6.45. The second kappa shape index (κ2) is 15.2. The minimum Gasteiger partial charge on any atom is -0.354 e. The van der Waals surface area contributed by atoms with Gasteiger partial charge in [-0.05, 0) is 60.7 Å². The molecule has 0 aliphatic carbocycles. The summed E-state index contributed by atoms with van der Waals surface area (Å²) in [6, 6.07) is 29.4. The summed E-state index contributed by atoms with van der Waals surface area (Å²) in [6.45, 7) is 7.61. The first-order valence-electron chi connectivity index (χ1n) is 15.0.